The molecule has 0 aliphatic heterocycles. The van der Waals surface area contributed by atoms with Gasteiger partial charge in [0.15, 0.2) is 11.5 Å². The zero-order valence-corrected chi connectivity index (χ0v) is 14.2. The fraction of sp³-hybridized carbons (Fsp3) is 0.200. The van der Waals surface area contributed by atoms with E-state index >= 15 is 0 Å². The van der Waals surface area contributed by atoms with Gasteiger partial charge in [0.2, 0.25) is 0 Å². The van der Waals surface area contributed by atoms with Gasteiger partial charge in [-0.25, -0.2) is 0 Å². The standard InChI is InChI=1S/C15H15Br2NO2/c1-19-14-7-11(8-18)6-13(17)15(14)20-9-10-2-4-12(16)5-3-10/h2-7H,8-9,18H2,1H3. The van der Waals surface area contributed by atoms with Gasteiger partial charge in [-0.15, -0.1) is 0 Å². The van der Waals surface area contributed by atoms with Gasteiger partial charge >= 0.3 is 0 Å². The number of ether oxygens (including phenoxy) is 2. The van der Waals surface area contributed by atoms with E-state index in [0.717, 1.165) is 20.1 Å². The lowest BCUT2D eigenvalue weighted by Crippen LogP contribution is -2.01. The average molecular weight is 401 g/mol. The molecule has 0 unspecified atom stereocenters. The Labute approximate surface area is 135 Å². The molecule has 106 valence electrons. The fourth-order valence-corrected chi connectivity index (χ4v) is 2.64. The van der Waals surface area contributed by atoms with Crippen LogP contribution in [-0.2, 0) is 13.2 Å². The molecule has 2 N–H and O–H groups in total. The summed E-state index contributed by atoms with van der Waals surface area (Å²) < 4.78 is 13.1. The number of hydrogen-bond acceptors (Lipinski definition) is 3. The van der Waals surface area contributed by atoms with E-state index in [4.69, 9.17) is 15.2 Å². The van der Waals surface area contributed by atoms with Crippen LogP contribution < -0.4 is 15.2 Å². The topological polar surface area (TPSA) is 44.5 Å². The van der Waals surface area contributed by atoms with Crippen molar-refractivity contribution in [3.63, 3.8) is 0 Å². The molecule has 2 aromatic carbocycles. The highest BCUT2D eigenvalue weighted by Crippen LogP contribution is 2.37. The maximum absolute atomic E-state index is 5.86. The Morgan fingerprint density at radius 2 is 1.75 bits per heavy atom. The highest BCUT2D eigenvalue weighted by Gasteiger charge is 2.11. The van der Waals surface area contributed by atoms with Crippen molar-refractivity contribution >= 4 is 31.9 Å². The Morgan fingerprint density at radius 1 is 1.05 bits per heavy atom. The molecule has 0 aliphatic rings. The third-order valence-corrected chi connectivity index (χ3v) is 3.94. The second-order valence-corrected chi connectivity index (χ2v) is 6.00. The minimum absolute atomic E-state index is 0.460. The van der Waals surface area contributed by atoms with Crippen LogP contribution in [0, 0.1) is 0 Å². The van der Waals surface area contributed by atoms with E-state index in [0.29, 0.717) is 24.7 Å². The number of methoxy groups -OCH3 is 1. The van der Waals surface area contributed by atoms with Crippen LogP contribution >= 0.6 is 31.9 Å². The molecule has 0 saturated heterocycles. The Morgan fingerprint density at radius 3 is 2.35 bits per heavy atom. The first-order valence-corrected chi connectivity index (χ1v) is 7.66. The van der Waals surface area contributed by atoms with E-state index in [2.05, 4.69) is 31.9 Å². The highest BCUT2D eigenvalue weighted by molar-refractivity contribution is 9.10. The van der Waals surface area contributed by atoms with Crippen molar-refractivity contribution in [2.45, 2.75) is 13.2 Å². The van der Waals surface area contributed by atoms with E-state index in [9.17, 15) is 0 Å². The minimum atomic E-state index is 0.460. The van der Waals surface area contributed by atoms with E-state index in [1.165, 1.54) is 0 Å². The van der Waals surface area contributed by atoms with Gasteiger partial charge in [-0.3, -0.25) is 0 Å². The summed E-state index contributed by atoms with van der Waals surface area (Å²) in [6, 6.07) is 11.8. The van der Waals surface area contributed by atoms with Crippen molar-refractivity contribution in [3.05, 3.63) is 56.5 Å². The highest BCUT2D eigenvalue weighted by atomic mass is 79.9. The number of hydrogen-bond donors (Lipinski definition) is 1. The Hall–Kier alpha value is -1.04. The summed E-state index contributed by atoms with van der Waals surface area (Å²) in [4.78, 5) is 0. The van der Waals surface area contributed by atoms with Crippen LogP contribution in [0.4, 0.5) is 0 Å². The number of halogens is 2. The van der Waals surface area contributed by atoms with Crippen molar-refractivity contribution in [3.8, 4) is 11.5 Å². The number of nitrogens with two attached hydrogens (primary N) is 1. The zero-order chi connectivity index (χ0) is 14.5. The van der Waals surface area contributed by atoms with Gasteiger partial charge in [0, 0.05) is 11.0 Å². The maximum Gasteiger partial charge on any atom is 0.175 e. The molecule has 0 aromatic heterocycles. The fourth-order valence-electron chi connectivity index (χ4n) is 1.77. The molecule has 0 fully saturated rings. The van der Waals surface area contributed by atoms with Crippen LogP contribution in [0.2, 0.25) is 0 Å². The van der Waals surface area contributed by atoms with Crippen molar-refractivity contribution < 1.29 is 9.47 Å². The van der Waals surface area contributed by atoms with Crippen LogP contribution in [-0.4, -0.2) is 7.11 Å². The molecule has 2 rings (SSSR count). The molecule has 0 amide bonds. The minimum Gasteiger partial charge on any atom is -0.493 e. The van der Waals surface area contributed by atoms with Gasteiger partial charge in [-0.1, -0.05) is 28.1 Å². The molecule has 0 saturated carbocycles. The summed E-state index contributed by atoms with van der Waals surface area (Å²) in [5, 5.41) is 0. The molecule has 0 bridgehead atoms. The molecule has 2 aromatic rings. The van der Waals surface area contributed by atoms with E-state index in [-0.39, 0.29) is 0 Å². The number of rotatable bonds is 5. The smallest absolute Gasteiger partial charge is 0.175 e. The summed E-state index contributed by atoms with van der Waals surface area (Å²) in [7, 11) is 1.62. The van der Waals surface area contributed by atoms with Gasteiger partial charge in [-0.05, 0) is 51.3 Å². The summed E-state index contributed by atoms with van der Waals surface area (Å²) in [6.45, 7) is 0.937. The molecule has 0 heterocycles. The first kappa shape index (κ1) is 15.4. The lowest BCUT2D eigenvalue weighted by Gasteiger charge is -2.14. The van der Waals surface area contributed by atoms with E-state index < -0.39 is 0 Å². The molecular weight excluding hydrogens is 386 g/mol. The summed E-state index contributed by atoms with van der Waals surface area (Å²) >= 11 is 6.91. The molecule has 0 atom stereocenters. The van der Waals surface area contributed by atoms with Crippen molar-refractivity contribution in [1.82, 2.24) is 0 Å². The molecular formula is C15H15Br2NO2. The van der Waals surface area contributed by atoms with Crippen LogP contribution in [0.5, 0.6) is 11.5 Å². The molecule has 0 aliphatic carbocycles. The van der Waals surface area contributed by atoms with E-state index in [1.54, 1.807) is 7.11 Å². The Balaban J connectivity index is 2.18. The quantitative estimate of drug-likeness (QED) is 0.815. The van der Waals surface area contributed by atoms with Crippen LogP contribution in [0.25, 0.3) is 0 Å². The first-order chi connectivity index (χ1) is 9.63. The Bertz CT molecular complexity index is 585. The Kier molecular flexibility index (Phi) is 5.46. The molecule has 5 heteroatoms. The van der Waals surface area contributed by atoms with Gasteiger partial charge < -0.3 is 15.2 Å². The predicted octanol–water partition coefficient (Wildman–Crippen LogP) is 4.26. The van der Waals surface area contributed by atoms with Crippen molar-refractivity contribution in [1.29, 1.82) is 0 Å². The summed E-state index contributed by atoms with van der Waals surface area (Å²) in [5.74, 6) is 1.37. The van der Waals surface area contributed by atoms with E-state index in [1.807, 2.05) is 36.4 Å². The van der Waals surface area contributed by atoms with Crippen LogP contribution in [0.15, 0.2) is 45.3 Å². The second kappa shape index (κ2) is 7.11. The monoisotopic (exact) mass is 399 g/mol. The van der Waals surface area contributed by atoms with Gasteiger partial charge in [0.1, 0.15) is 6.61 Å². The molecule has 0 spiro atoms. The SMILES string of the molecule is COc1cc(CN)cc(Br)c1OCc1ccc(Br)cc1. The third kappa shape index (κ3) is 3.75. The van der Waals surface area contributed by atoms with Crippen molar-refractivity contribution in [2.24, 2.45) is 5.73 Å². The maximum atomic E-state index is 5.86. The molecule has 20 heavy (non-hydrogen) atoms. The van der Waals surface area contributed by atoms with Crippen LogP contribution in [0.3, 0.4) is 0 Å². The molecule has 0 radical (unpaired) electrons. The number of benzene rings is 2. The lowest BCUT2D eigenvalue weighted by molar-refractivity contribution is 0.282. The largest absolute Gasteiger partial charge is 0.493 e. The first-order valence-electron chi connectivity index (χ1n) is 6.07. The van der Waals surface area contributed by atoms with Crippen LogP contribution in [0.1, 0.15) is 11.1 Å². The summed E-state index contributed by atoms with van der Waals surface area (Å²) in [5.41, 5.74) is 7.73. The molecule has 3 nitrogen and oxygen atoms in total. The predicted molar refractivity (Wildman–Crippen MR) is 87.1 cm³/mol. The van der Waals surface area contributed by atoms with Crippen molar-refractivity contribution in [2.75, 3.05) is 7.11 Å². The zero-order valence-electron chi connectivity index (χ0n) is 11.0. The van der Waals surface area contributed by atoms with Gasteiger partial charge in [0.05, 0.1) is 11.6 Å². The third-order valence-electron chi connectivity index (χ3n) is 2.82. The normalized spacial score (nSPS) is 10.4. The summed E-state index contributed by atoms with van der Waals surface area (Å²) in [6.07, 6.45) is 0. The average Bonchev–Trinajstić information content (AvgIpc) is 2.47. The second-order valence-electron chi connectivity index (χ2n) is 4.23. The van der Waals surface area contributed by atoms with Gasteiger partial charge in [0.25, 0.3) is 0 Å². The van der Waals surface area contributed by atoms with Gasteiger partial charge in [-0.2, -0.15) is 0 Å². The lowest BCUT2D eigenvalue weighted by atomic mass is 10.2.